The van der Waals surface area contributed by atoms with Gasteiger partial charge in [-0.15, -0.1) is 0 Å². The lowest BCUT2D eigenvalue weighted by Crippen LogP contribution is -2.44. The zero-order chi connectivity index (χ0) is 18.3. The Morgan fingerprint density at radius 1 is 1.42 bits per heavy atom. The first-order valence-electron chi connectivity index (χ1n) is 8.86. The summed E-state index contributed by atoms with van der Waals surface area (Å²) < 4.78 is 21.5. The van der Waals surface area contributed by atoms with Gasteiger partial charge in [-0.1, -0.05) is 24.8 Å². The van der Waals surface area contributed by atoms with Crippen LogP contribution in [0.5, 0.6) is 0 Å². The van der Waals surface area contributed by atoms with Crippen molar-refractivity contribution in [2.45, 2.75) is 49.3 Å². The fourth-order valence-electron chi connectivity index (χ4n) is 4.53. The van der Waals surface area contributed by atoms with Crippen molar-refractivity contribution < 1.29 is 8.81 Å². The van der Waals surface area contributed by atoms with Crippen LogP contribution in [0.3, 0.4) is 0 Å². The second-order valence-electron chi connectivity index (χ2n) is 7.12. The lowest BCUT2D eigenvalue weighted by molar-refractivity contribution is 0.237. The van der Waals surface area contributed by atoms with E-state index in [0.29, 0.717) is 10.7 Å². The van der Waals surface area contributed by atoms with Crippen molar-refractivity contribution in [3.63, 3.8) is 0 Å². The Morgan fingerprint density at radius 2 is 2.27 bits per heavy atom. The van der Waals surface area contributed by atoms with E-state index >= 15 is 4.39 Å². The van der Waals surface area contributed by atoms with Crippen LogP contribution < -0.4 is 5.73 Å². The van der Waals surface area contributed by atoms with Crippen molar-refractivity contribution in [1.82, 2.24) is 4.98 Å². The van der Waals surface area contributed by atoms with Crippen LogP contribution in [0.1, 0.15) is 50.0 Å². The van der Waals surface area contributed by atoms with E-state index in [4.69, 9.17) is 15.1 Å². The summed E-state index contributed by atoms with van der Waals surface area (Å²) in [5.41, 5.74) is 6.24. The minimum absolute atomic E-state index is 0.175. The normalized spacial score (nSPS) is 31.8. The van der Waals surface area contributed by atoms with Crippen LogP contribution in [0, 0.1) is 15.3 Å². The van der Waals surface area contributed by atoms with Gasteiger partial charge in [-0.2, -0.15) is 0 Å². The fraction of sp³-hybridized carbons (Fsp3) is 0.474. The number of fused-ring (bicyclic) bond motifs is 1. The first kappa shape index (κ1) is 18.3. The highest BCUT2D eigenvalue weighted by Crippen LogP contribution is 2.53. The third-order valence-corrected chi connectivity index (χ3v) is 7.35. The number of benzene rings is 1. The Kier molecular flexibility index (Phi) is 5.02. The van der Waals surface area contributed by atoms with Crippen molar-refractivity contribution in [3.05, 3.63) is 51.5 Å². The third-order valence-electron chi connectivity index (χ3n) is 5.64. The number of hydrogen-bond donors (Lipinski definition) is 1. The smallest absolute Gasteiger partial charge is 0.197 e. The molecule has 4 atom stereocenters. The molecule has 1 aromatic carbocycles. The lowest BCUT2D eigenvalue weighted by atomic mass is 9.72. The molecule has 0 saturated heterocycles. The third kappa shape index (κ3) is 3.17. The zero-order valence-electron chi connectivity index (χ0n) is 14.5. The van der Waals surface area contributed by atoms with Gasteiger partial charge >= 0.3 is 0 Å². The van der Waals surface area contributed by atoms with Gasteiger partial charge in [0.05, 0.1) is 11.7 Å². The molecular formula is C19H21FIN3OS. The van der Waals surface area contributed by atoms with Crippen LogP contribution in [-0.2, 0) is 5.54 Å². The summed E-state index contributed by atoms with van der Waals surface area (Å²) in [5, 5.41) is 0.808. The van der Waals surface area contributed by atoms with Crippen LogP contribution in [0.15, 0.2) is 40.1 Å². The predicted molar refractivity (Wildman–Crippen MR) is 111 cm³/mol. The van der Waals surface area contributed by atoms with E-state index in [2.05, 4.69) is 34.5 Å². The molecule has 1 fully saturated rings. The van der Waals surface area contributed by atoms with Crippen molar-refractivity contribution >= 4 is 39.5 Å². The van der Waals surface area contributed by atoms with Gasteiger partial charge in [-0.25, -0.2) is 9.37 Å². The van der Waals surface area contributed by atoms with E-state index in [-0.39, 0.29) is 22.9 Å². The van der Waals surface area contributed by atoms with Crippen molar-refractivity contribution in [2.75, 3.05) is 0 Å². The molecule has 2 aromatic rings. The summed E-state index contributed by atoms with van der Waals surface area (Å²) in [4.78, 5) is 9.26. The van der Waals surface area contributed by atoms with E-state index in [9.17, 15) is 0 Å². The van der Waals surface area contributed by atoms with Crippen molar-refractivity contribution in [2.24, 2.45) is 16.6 Å². The van der Waals surface area contributed by atoms with Crippen LogP contribution in [0.25, 0.3) is 0 Å². The Balaban J connectivity index is 1.82. The van der Waals surface area contributed by atoms with Gasteiger partial charge in [-0.05, 0) is 60.4 Å². The Morgan fingerprint density at radius 3 is 3.00 bits per heavy atom. The molecule has 4 rings (SSSR count). The van der Waals surface area contributed by atoms with Gasteiger partial charge in [0.1, 0.15) is 12.1 Å². The lowest BCUT2D eigenvalue weighted by Gasteiger charge is -2.43. The molecule has 2 N–H and O–H groups in total. The Labute approximate surface area is 170 Å². The second kappa shape index (κ2) is 7.14. The number of nitrogens with zero attached hydrogens (tertiary/aromatic N) is 2. The molecule has 1 aliphatic heterocycles. The highest BCUT2D eigenvalue weighted by Gasteiger charge is 2.50. The van der Waals surface area contributed by atoms with Crippen LogP contribution >= 0.6 is 34.4 Å². The van der Waals surface area contributed by atoms with Crippen molar-refractivity contribution in [3.8, 4) is 0 Å². The number of rotatable bonds is 2. The minimum atomic E-state index is -0.607. The Hall–Kier alpha value is -1.09. The monoisotopic (exact) mass is 485 g/mol. The molecule has 2 aliphatic rings. The van der Waals surface area contributed by atoms with Crippen LogP contribution in [0.2, 0.25) is 0 Å². The molecule has 1 aliphatic carbocycles. The molecule has 2 heterocycles. The summed E-state index contributed by atoms with van der Waals surface area (Å²) in [6, 6.07) is 5.45. The van der Waals surface area contributed by atoms with Gasteiger partial charge in [-0.3, -0.25) is 4.99 Å². The molecular weight excluding hydrogens is 464 g/mol. The van der Waals surface area contributed by atoms with Crippen LogP contribution in [0.4, 0.5) is 4.39 Å². The summed E-state index contributed by atoms with van der Waals surface area (Å²) in [7, 11) is 0. The summed E-state index contributed by atoms with van der Waals surface area (Å²) in [6.07, 6.45) is 6.89. The number of aromatic nitrogens is 1. The fourth-order valence-corrected chi connectivity index (χ4v) is 6.08. The maximum atomic E-state index is 15.0. The number of hydrogen-bond acceptors (Lipinski definition) is 5. The van der Waals surface area contributed by atoms with E-state index in [1.54, 1.807) is 30.3 Å². The van der Waals surface area contributed by atoms with Gasteiger partial charge in [0.2, 0.25) is 0 Å². The summed E-state index contributed by atoms with van der Waals surface area (Å²) in [6.45, 7) is 2.17. The molecule has 26 heavy (non-hydrogen) atoms. The summed E-state index contributed by atoms with van der Waals surface area (Å²) in [5.74, 6) is 1.01. The van der Waals surface area contributed by atoms with Gasteiger partial charge < -0.3 is 10.2 Å². The van der Waals surface area contributed by atoms with Crippen LogP contribution in [-0.4, -0.2) is 15.4 Å². The molecule has 138 valence electrons. The number of thioether (sulfide) groups is 1. The Bertz CT molecular complexity index is 828. The number of halogens is 2. The maximum Gasteiger partial charge on any atom is 0.197 e. The quantitative estimate of drug-likeness (QED) is 0.606. The average Bonchev–Trinajstić information content (AvgIpc) is 3.03. The molecule has 0 amide bonds. The number of amidine groups is 1. The molecule has 1 aromatic heterocycles. The highest BCUT2D eigenvalue weighted by molar-refractivity contribution is 14.1. The molecule has 0 spiro atoms. The first-order chi connectivity index (χ1) is 12.5. The number of nitrogens with two attached hydrogens (primary N) is 1. The van der Waals surface area contributed by atoms with E-state index in [0.717, 1.165) is 35.1 Å². The predicted octanol–water partition coefficient (Wildman–Crippen LogP) is 5.04. The minimum Gasteiger partial charge on any atom is -0.449 e. The van der Waals surface area contributed by atoms with Gasteiger partial charge in [0.15, 0.2) is 11.1 Å². The van der Waals surface area contributed by atoms with E-state index in [1.165, 1.54) is 0 Å². The topological polar surface area (TPSA) is 64.4 Å². The van der Waals surface area contributed by atoms with E-state index in [1.807, 2.05) is 12.1 Å². The first-order valence-corrected chi connectivity index (χ1v) is 10.8. The van der Waals surface area contributed by atoms with E-state index < -0.39 is 5.54 Å². The van der Waals surface area contributed by atoms with Gasteiger partial charge in [0.25, 0.3) is 0 Å². The molecule has 4 nitrogen and oxygen atoms in total. The molecule has 0 radical (unpaired) electrons. The standard InChI is InChI=1S/C19H21FIN3OS/c1-11-15-9-12(17-23-7-8-25-17)3-2-6-19(15,24-18(22)26-11)14-5-4-13(21)10-16(14)20/h4-5,7-8,10-12,15H,2-3,6,9H2,1H3,(H2,22,24)/t11-,12-,15+,19-/m1/s1. The van der Waals surface area contributed by atoms with Gasteiger partial charge in [0, 0.05) is 26.2 Å². The highest BCUT2D eigenvalue weighted by atomic mass is 127. The molecule has 7 heteroatoms. The number of oxazole rings is 1. The molecule has 1 saturated carbocycles. The largest absolute Gasteiger partial charge is 0.449 e. The average molecular weight is 485 g/mol. The second-order valence-corrected chi connectivity index (χ2v) is 9.77. The SMILES string of the molecule is C[C@H]1SC(N)=N[C@@]2(c3ccc(I)cc3F)CCC[C@@H](c3ncco3)C[C@@H]12. The molecule has 0 unspecified atom stereocenters. The van der Waals surface area contributed by atoms with Crippen molar-refractivity contribution in [1.29, 1.82) is 0 Å². The zero-order valence-corrected chi connectivity index (χ0v) is 17.5. The summed E-state index contributed by atoms with van der Waals surface area (Å²) >= 11 is 3.73. The molecule has 0 bridgehead atoms. The number of aliphatic imine (C=N–C) groups is 1. The maximum absolute atomic E-state index is 15.0.